The van der Waals surface area contributed by atoms with Crippen molar-refractivity contribution >= 4 is 11.8 Å². The van der Waals surface area contributed by atoms with Crippen molar-refractivity contribution in [1.29, 1.82) is 0 Å². The number of ether oxygens (including phenoxy) is 1. The number of aryl methyl sites for hydroxylation is 1. The molecular weight excluding hydrogens is 312 g/mol. The van der Waals surface area contributed by atoms with Crippen LogP contribution >= 0.6 is 0 Å². The van der Waals surface area contributed by atoms with E-state index in [0.717, 1.165) is 19.3 Å². The molecule has 0 saturated heterocycles. The van der Waals surface area contributed by atoms with Gasteiger partial charge in [0.05, 0.1) is 7.11 Å². The highest BCUT2D eigenvalue weighted by Crippen LogP contribution is 2.36. The van der Waals surface area contributed by atoms with Crippen molar-refractivity contribution in [1.82, 2.24) is 0 Å². The number of benzene rings is 2. The van der Waals surface area contributed by atoms with Crippen molar-refractivity contribution in [3.8, 4) is 11.1 Å². The Kier molecular flexibility index (Phi) is 5.32. The molecule has 0 N–H and O–H groups in total. The number of carbonyl (C=O) groups is 2. The van der Waals surface area contributed by atoms with E-state index < -0.39 is 5.92 Å². The van der Waals surface area contributed by atoms with E-state index in [0.29, 0.717) is 0 Å². The lowest BCUT2D eigenvalue weighted by Gasteiger charge is -2.10. The Labute approximate surface area is 149 Å². The number of Topliss-reactive ketones (excluding diaryl/α,β-unsaturated/α-hetero) is 1. The summed E-state index contributed by atoms with van der Waals surface area (Å²) in [6.45, 7) is 1.97. The first kappa shape index (κ1) is 17.4. The van der Waals surface area contributed by atoms with Crippen molar-refractivity contribution in [3.05, 3.63) is 60.2 Å². The van der Waals surface area contributed by atoms with Crippen LogP contribution in [0.5, 0.6) is 0 Å². The van der Waals surface area contributed by atoms with Crippen molar-refractivity contribution in [2.24, 2.45) is 17.8 Å². The second kappa shape index (κ2) is 7.64. The molecule has 0 amide bonds. The third-order valence-electron chi connectivity index (χ3n) is 5.23. The molecule has 1 aliphatic carbocycles. The summed E-state index contributed by atoms with van der Waals surface area (Å²) in [5.74, 6) is -0.860. The topological polar surface area (TPSA) is 43.4 Å². The average molecular weight is 336 g/mol. The van der Waals surface area contributed by atoms with Gasteiger partial charge in [0.2, 0.25) is 0 Å². The van der Waals surface area contributed by atoms with Crippen LogP contribution in [0.1, 0.15) is 25.3 Å². The molecule has 130 valence electrons. The monoisotopic (exact) mass is 336 g/mol. The number of esters is 1. The first-order chi connectivity index (χ1) is 12.1. The zero-order chi connectivity index (χ0) is 17.8. The quantitative estimate of drug-likeness (QED) is 0.604. The Morgan fingerprint density at radius 2 is 1.68 bits per heavy atom. The lowest BCUT2D eigenvalue weighted by Crippen LogP contribution is -2.26. The average Bonchev–Trinajstić information content (AvgIpc) is 2.94. The van der Waals surface area contributed by atoms with Gasteiger partial charge in [-0.3, -0.25) is 9.59 Å². The van der Waals surface area contributed by atoms with Crippen LogP contribution < -0.4 is 0 Å². The Balaban J connectivity index is 1.61. The highest BCUT2D eigenvalue weighted by molar-refractivity contribution is 6.02. The van der Waals surface area contributed by atoms with Crippen LogP contribution in [0.2, 0.25) is 0 Å². The molecule has 2 aromatic carbocycles. The second-order valence-electron chi connectivity index (χ2n) is 6.91. The maximum atomic E-state index is 12.5. The van der Waals surface area contributed by atoms with Gasteiger partial charge in [-0.2, -0.15) is 0 Å². The zero-order valence-electron chi connectivity index (χ0n) is 14.8. The van der Waals surface area contributed by atoms with Gasteiger partial charge in [0, 0.05) is 5.92 Å². The van der Waals surface area contributed by atoms with Crippen LogP contribution in [-0.4, -0.2) is 18.9 Å². The largest absolute Gasteiger partial charge is 0.468 e. The molecule has 3 heteroatoms. The Morgan fingerprint density at radius 1 is 1.04 bits per heavy atom. The summed E-state index contributed by atoms with van der Waals surface area (Å²) in [6.07, 6.45) is 2.42. The van der Waals surface area contributed by atoms with Crippen LogP contribution in [-0.2, 0) is 20.7 Å². The van der Waals surface area contributed by atoms with Crippen molar-refractivity contribution in [2.45, 2.75) is 26.2 Å². The highest BCUT2D eigenvalue weighted by atomic mass is 16.5. The predicted octanol–water partition coefficient (Wildman–Crippen LogP) is 4.30. The van der Waals surface area contributed by atoms with Crippen LogP contribution in [0.3, 0.4) is 0 Å². The van der Waals surface area contributed by atoms with Gasteiger partial charge in [0.1, 0.15) is 11.7 Å². The standard InChI is InChI=1S/C22H24O3/c1-15-14-19(21(23)20(15)22(24)25-2)13-10-16-8-11-18(12-9-16)17-6-4-3-5-7-17/h3-9,11-12,15,19-20H,10,13-14H2,1-2H3. The Morgan fingerprint density at radius 3 is 2.32 bits per heavy atom. The number of rotatable bonds is 5. The van der Waals surface area contributed by atoms with Gasteiger partial charge in [-0.05, 0) is 41.9 Å². The third-order valence-corrected chi connectivity index (χ3v) is 5.23. The SMILES string of the molecule is COC(=O)C1C(=O)C(CCc2ccc(-c3ccccc3)cc2)CC1C. The number of hydrogen-bond donors (Lipinski definition) is 0. The molecule has 2 aromatic rings. The van der Waals surface area contributed by atoms with Gasteiger partial charge >= 0.3 is 5.97 Å². The summed E-state index contributed by atoms with van der Waals surface area (Å²) in [5, 5.41) is 0. The van der Waals surface area contributed by atoms with E-state index >= 15 is 0 Å². The number of methoxy groups -OCH3 is 1. The van der Waals surface area contributed by atoms with Gasteiger partial charge in [0.25, 0.3) is 0 Å². The minimum absolute atomic E-state index is 0.0344. The fourth-order valence-electron chi connectivity index (χ4n) is 3.81. The minimum atomic E-state index is -0.574. The first-order valence-corrected chi connectivity index (χ1v) is 8.86. The predicted molar refractivity (Wildman–Crippen MR) is 98.0 cm³/mol. The molecule has 0 aliphatic heterocycles. The lowest BCUT2D eigenvalue weighted by atomic mass is 9.95. The molecule has 3 atom stereocenters. The minimum Gasteiger partial charge on any atom is -0.468 e. The smallest absolute Gasteiger partial charge is 0.316 e. The first-order valence-electron chi connectivity index (χ1n) is 8.86. The van der Waals surface area contributed by atoms with E-state index in [-0.39, 0.29) is 23.6 Å². The summed E-state index contributed by atoms with van der Waals surface area (Å²) < 4.78 is 4.78. The Bertz CT molecular complexity index is 734. The molecule has 1 fully saturated rings. The molecule has 0 spiro atoms. The maximum absolute atomic E-state index is 12.5. The van der Waals surface area contributed by atoms with Gasteiger partial charge in [0.15, 0.2) is 0 Å². The zero-order valence-corrected chi connectivity index (χ0v) is 14.8. The molecular formula is C22H24O3. The van der Waals surface area contributed by atoms with E-state index in [1.807, 2.05) is 25.1 Å². The van der Waals surface area contributed by atoms with E-state index in [4.69, 9.17) is 4.74 Å². The van der Waals surface area contributed by atoms with E-state index in [2.05, 4.69) is 36.4 Å². The van der Waals surface area contributed by atoms with Gasteiger partial charge < -0.3 is 4.74 Å². The highest BCUT2D eigenvalue weighted by Gasteiger charge is 2.44. The van der Waals surface area contributed by atoms with Crippen LogP contribution in [0.15, 0.2) is 54.6 Å². The number of hydrogen-bond acceptors (Lipinski definition) is 3. The fourth-order valence-corrected chi connectivity index (χ4v) is 3.81. The summed E-state index contributed by atoms with van der Waals surface area (Å²) in [5.41, 5.74) is 3.62. The van der Waals surface area contributed by atoms with Gasteiger partial charge in [-0.1, -0.05) is 61.5 Å². The summed E-state index contributed by atoms with van der Waals surface area (Å²) >= 11 is 0. The maximum Gasteiger partial charge on any atom is 0.316 e. The molecule has 1 saturated carbocycles. The van der Waals surface area contributed by atoms with E-state index in [1.54, 1.807) is 0 Å². The fraction of sp³-hybridized carbons (Fsp3) is 0.364. The Hall–Kier alpha value is -2.42. The molecule has 0 aromatic heterocycles. The molecule has 0 radical (unpaired) electrons. The second-order valence-corrected chi connectivity index (χ2v) is 6.91. The van der Waals surface area contributed by atoms with Gasteiger partial charge in [-0.15, -0.1) is 0 Å². The molecule has 0 bridgehead atoms. The normalized spacial score (nSPS) is 22.8. The summed E-state index contributed by atoms with van der Waals surface area (Å²) in [7, 11) is 1.35. The summed E-state index contributed by atoms with van der Waals surface area (Å²) in [4.78, 5) is 24.3. The van der Waals surface area contributed by atoms with Crippen LogP contribution in [0.4, 0.5) is 0 Å². The molecule has 1 aliphatic rings. The molecule has 3 unspecified atom stereocenters. The molecule has 3 rings (SSSR count). The van der Waals surface area contributed by atoms with Crippen LogP contribution in [0.25, 0.3) is 11.1 Å². The van der Waals surface area contributed by atoms with E-state index in [9.17, 15) is 9.59 Å². The number of ketones is 1. The van der Waals surface area contributed by atoms with Crippen molar-refractivity contribution in [2.75, 3.05) is 7.11 Å². The van der Waals surface area contributed by atoms with Crippen molar-refractivity contribution in [3.63, 3.8) is 0 Å². The molecule has 0 heterocycles. The van der Waals surface area contributed by atoms with E-state index in [1.165, 1.54) is 23.8 Å². The molecule has 25 heavy (non-hydrogen) atoms. The lowest BCUT2D eigenvalue weighted by molar-refractivity contribution is -0.150. The summed E-state index contributed by atoms with van der Waals surface area (Å²) in [6, 6.07) is 18.8. The van der Waals surface area contributed by atoms with Crippen molar-refractivity contribution < 1.29 is 14.3 Å². The third kappa shape index (κ3) is 3.81. The number of carbonyl (C=O) groups excluding carboxylic acids is 2. The molecule has 3 nitrogen and oxygen atoms in total. The van der Waals surface area contributed by atoms with Crippen LogP contribution in [0, 0.1) is 17.8 Å². The van der Waals surface area contributed by atoms with Gasteiger partial charge in [-0.25, -0.2) is 0 Å².